The molecule has 2 heterocycles. The molecule has 0 unspecified atom stereocenters. The first-order valence-corrected chi connectivity index (χ1v) is 10.1. The van der Waals surface area contributed by atoms with Crippen LogP contribution in [0, 0.1) is 0 Å². The summed E-state index contributed by atoms with van der Waals surface area (Å²) in [6.07, 6.45) is 0.208. The van der Waals surface area contributed by atoms with E-state index in [0.717, 1.165) is 33.5 Å². The van der Waals surface area contributed by atoms with Crippen molar-refractivity contribution in [3.05, 3.63) is 83.3 Å². The van der Waals surface area contributed by atoms with Crippen LogP contribution in [-0.2, 0) is 18.4 Å². The molecule has 5 aromatic rings. The Morgan fingerprint density at radius 3 is 2.45 bits per heavy atom. The molecule has 0 aliphatic heterocycles. The standard InChI is InChI=1S/C24H21N5O2/c1-28-20-8-4-5-9-21(20)29(24(28)31)15-14-22(30)25-17-12-10-16(11-13-17)23-26-18-6-2-3-7-19(18)27-23/h2-13H,14-15H2,1H3,(H,25,30)(H,26,27). The lowest BCUT2D eigenvalue weighted by molar-refractivity contribution is -0.116. The summed E-state index contributed by atoms with van der Waals surface area (Å²) in [5.41, 5.74) is 5.11. The zero-order chi connectivity index (χ0) is 21.4. The van der Waals surface area contributed by atoms with Gasteiger partial charge in [0.1, 0.15) is 5.82 Å². The molecule has 31 heavy (non-hydrogen) atoms. The average molecular weight is 411 g/mol. The summed E-state index contributed by atoms with van der Waals surface area (Å²) < 4.78 is 3.24. The van der Waals surface area contributed by atoms with Crippen molar-refractivity contribution < 1.29 is 4.79 Å². The number of carbonyl (C=O) groups excluding carboxylic acids is 1. The van der Waals surface area contributed by atoms with Gasteiger partial charge in [-0.15, -0.1) is 0 Å². The summed E-state index contributed by atoms with van der Waals surface area (Å²) in [7, 11) is 1.74. The van der Waals surface area contributed by atoms with E-state index >= 15 is 0 Å². The van der Waals surface area contributed by atoms with Crippen LogP contribution in [0.1, 0.15) is 6.42 Å². The van der Waals surface area contributed by atoms with E-state index < -0.39 is 0 Å². The predicted molar refractivity (Wildman–Crippen MR) is 122 cm³/mol. The van der Waals surface area contributed by atoms with Gasteiger partial charge < -0.3 is 10.3 Å². The summed E-state index contributed by atoms with van der Waals surface area (Å²) in [6.45, 7) is 0.323. The molecule has 0 aliphatic rings. The number of aryl methyl sites for hydroxylation is 2. The van der Waals surface area contributed by atoms with Crippen LogP contribution in [0.2, 0.25) is 0 Å². The van der Waals surface area contributed by atoms with Gasteiger partial charge in [-0.2, -0.15) is 0 Å². The van der Waals surface area contributed by atoms with Crippen LogP contribution in [0.4, 0.5) is 5.69 Å². The number of hydrogen-bond acceptors (Lipinski definition) is 3. The van der Waals surface area contributed by atoms with E-state index in [1.807, 2.05) is 72.8 Å². The smallest absolute Gasteiger partial charge is 0.328 e. The van der Waals surface area contributed by atoms with Crippen LogP contribution in [-0.4, -0.2) is 25.0 Å². The topological polar surface area (TPSA) is 84.7 Å². The number of nitrogens with zero attached hydrogens (tertiary/aromatic N) is 3. The molecule has 2 N–H and O–H groups in total. The minimum atomic E-state index is -0.142. The van der Waals surface area contributed by atoms with Crippen LogP contribution in [0.5, 0.6) is 0 Å². The van der Waals surface area contributed by atoms with Gasteiger partial charge in [-0.3, -0.25) is 13.9 Å². The van der Waals surface area contributed by atoms with Crippen molar-refractivity contribution >= 4 is 33.7 Å². The summed E-state index contributed by atoms with van der Waals surface area (Å²) in [5, 5.41) is 2.90. The Hall–Kier alpha value is -4.13. The van der Waals surface area contributed by atoms with Gasteiger partial charge in [0.05, 0.1) is 22.1 Å². The minimum Gasteiger partial charge on any atom is -0.338 e. The Bertz CT molecular complexity index is 1420. The van der Waals surface area contributed by atoms with E-state index in [1.54, 1.807) is 16.2 Å². The van der Waals surface area contributed by atoms with Crippen molar-refractivity contribution in [1.29, 1.82) is 0 Å². The Kier molecular flexibility index (Phi) is 4.63. The number of carbonyl (C=O) groups is 1. The van der Waals surface area contributed by atoms with Gasteiger partial charge in [-0.1, -0.05) is 24.3 Å². The number of aromatic nitrogens is 4. The van der Waals surface area contributed by atoms with Crippen LogP contribution < -0.4 is 11.0 Å². The molecule has 2 aromatic heterocycles. The van der Waals surface area contributed by atoms with E-state index in [0.29, 0.717) is 12.2 Å². The van der Waals surface area contributed by atoms with E-state index in [9.17, 15) is 9.59 Å². The largest absolute Gasteiger partial charge is 0.338 e. The van der Waals surface area contributed by atoms with Crippen molar-refractivity contribution in [2.75, 3.05) is 5.32 Å². The van der Waals surface area contributed by atoms with Crippen molar-refractivity contribution in [3.8, 4) is 11.4 Å². The summed E-state index contributed by atoms with van der Waals surface area (Å²) >= 11 is 0. The number of aromatic amines is 1. The second-order valence-corrected chi connectivity index (χ2v) is 7.46. The molecule has 154 valence electrons. The first-order valence-electron chi connectivity index (χ1n) is 10.1. The number of hydrogen-bond donors (Lipinski definition) is 2. The molecule has 0 saturated carbocycles. The molecule has 5 rings (SSSR count). The summed E-state index contributed by atoms with van der Waals surface area (Å²) in [6, 6.07) is 23.0. The van der Waals surface area contributed by atoms with Gasteiger partial charge in [0, 0.05) is 31.3 Å². The van der Waals surface area contributed by atoms with E-state index in [-0.39, 0.29) is 18.0 Å². The fraction of sp³-hybridized carbons (Fsp3) is 0.125. The quantitative estimate of drug-likeness (QED) is 0.460. The molecule has 1 amide bonds. The molecule has 0 aliphatic carbocycles. The highest BCUT2D eigenvalue weighted by molar-refractivity contribution is 5.91. The lowest BCUT2D eigenvalue weighted by atomic mass is 10.2. The molecule has 0 bridgehead atoms. The zero-order valence-electron chi connectivity index (χ0n) is 17.0. The Labute approximate surface area is 178 Å². The fourth-order valence-electron chi connectivity index (χ4n) is 3.82. The number of benzene rings is 3. The maximum atomic E-state index is 12.5. The summed E-state index contributed by atoms with van der Waals surface area (Å²) in [4.78, 5) is 32.8. The predicted octanol–water partition coefficient (Wildman–Crippen LogP) is 3.91. The molecular weight excluding hydrogens is 390 g/mol. The van der Waals surface area contributed by atoms with Crippen LogP contribution in [0.3, 0.4) is 0 Å². The van der Waals surface area contributed by atoms with Crippen LogP contribution >= 0.6 is 0 Å². The first kappa shape index (κ1) is 18.9. The lowest BCUT2D eigenvalue weighted by Crippen LogP contribution is -2.24. The number of H-pyrrole nitrogens is 1. The third kappa shape index (κ3) is 3.50. The number of amides is 1. The Balaban J connectivity index is 1.27. The van der Waals surface area contributed by atoms with E-state index in [1.165, 1.54) is 0 Å². The molecule has 0 spiro atoms. The first-order chi connectivity index (χ1) is 15.1. The molecule has 0 fully saturated rings. The van der Waals surface area contributed by atoms with E-state index in [4.69, 9.17) is 0 Å². The average Bonchev–Trinajstić information content (AvgIpc) is 3.33. The Morgan fingerprint density at radius 1 is 0.968 bits per heavy atom. The minimum absolute atomic E-state index is 0.121. The highest BCUT2D eigenvalue weighted by Crippen LogP contribution is 2.22. The zero-order valence-corrected chi connectivity index (χ0v) is 17.0. The van der Waals surface area contributed by atoms with Gasteiger partial charge >= 0.3 is 5.69 Å². The number of nitrogens with one attached hydrogen (secondary N) is 2. The summed E-state index contributed by atoms with van der Waals surface area (Å²) in [5.74, 6) is 0.644. The number of fused-ring (bicyclic) bond motifs is 2. The number of imidazole rings is 2. The Morgan fingerprint density at radius 2 is 1.68 bits per heavy atom. The van der Waals surface area contributed by atoms with Crippen molar-refractivity contribution in [2.45, 2.75) is 13.0 Å². The molecule has 7 heteroatoms. The maximum Gasteiger partial charge on any atom is 0.328 e. The van der Waals surface area contributed by atoms with Gasteiger partial charge in [0.25, 0.3) is 0 Å². The van der Waals surface area contributed by atoms with Crippen molar-refractivity contribution in [2.24, 2.45) is 7.05 Å². The fourth-order valence-corrected chi connectivity index (χ4v) is 3.82. The molecule has 0 atom stereocenters. The highest BCUT2D eigenvalue weighted by atomic mass is 16.2. The second kappa shape index (κ2) is 7.60. The van der Waals surface area contributed by atoms with Crippen LogP contribution in [0.25, 0.3) is 33.5 Å². The third-order valence-corrected chi connectivity index (χ3v) is 5.45. The molecule has 0 radical (unpaired) electrons. The SMILES string of the molecule is Cn1c(=O)n(CCC(=O)Nc2ccc(-c3nc4ccccc4[nH]3)cc2)c2ccccc21. The highest BCUT2D eigenvalue weighted by Gasteiger charge is 2.12. The number of rotatable bonds is 5. The molecule has 3 aromatic carbocycles. The van der Waals surface area contributed by atoms with Crippen molar-refractivity contribution in [3.63, 3.8) is 0 Å². The monoisotopic (exact) mass is 411 g/mol. The number of anilines is 1. The van der Waals surface area contributed by atoms with Crippen molar-refractivity contribution in [1.82, 2.24) is 19.1 Å². The molecule has 0 saturated heterocycles. The van der Waals surface area contributed by atoms with Crippen LogP contribution in [0.15, 0.2) is 77.6 Å². The van der Waals surface area contributed by atoms with E-state index in [2.05, 4.69) is 15.3 Å². The van der Waals surface area contributed by atoms with Gasteiger partial charge in [0.15, 0.2) is 0 Å². The number of para-hydroxylation sites is 4. The van der Waals surface area contributed by atoms with Gasteiger partial charge in [-0.05, 0) is 48.5 Å². The second-order valence-electron chi connectivity index (χ2n) is 7.46. The van der Waals surface area contributed by atoms with Gasteiger partial charge in [0.2, 0.25) is 5.91 Å². The molecular formula is C24H21N5O2. The normalized spacial score (nSPS) is 11.3. The lowest BCUT2D eigenvalue weighted by Gasteiger charge is -2.07. The van der Waals surface area contributed by atoms with Gasteiger partial charge in [-0.25, -0.2) is 9.78 Å². The molecule has 7 nitrogen and oxygen atoms in total. The maximum absolute atomic E-state index is 12.5. The third-order valence-electron chi connectivity index (χ3n) is 5.45.